The molecule has 1 aliphatic rings. The van der Waals surface area contributed by atoms with Crippen LogP contribution in [-0.4, -0.2) is 45.8 Å². The molecule has 20 heavy (non-hydrogen) atoms. The van der Waals surface area contributed by atoms with Crippen LogP contribution >= 0.6 is 0 Å². The average molecular weight is 278 g/mol. The highest BCUT2D eigenvalue weighted by molar-refractivity contribution is 5.92. The van der Waals surface area contributed by atoms with Gasteiger partial charge in [0.2, 0.25) is 0 Å². The molecule has 1 aromatic carbocycles. The highest BCUT2D eigenvalue weighted by atomic mass is 16.4. The van der Waals surface area contributed by atoms with Crippen LogP contribution in [0.4, 0.5) is 10.5 Å². The monoisotopic (exact) mass is 278 g/mol. The molecule has 1 heterocycles. The molecule has 1 aliphatic heterocycles. The van der Waals surface area contributed by atoms with Gasteiger partial charge >= 0.3 is 12.0 Å². The number of carbonyl (C=O) groups excluding carboxylic acids is 1. The van der Waals surface area contributed by atoms with Crippen molar-refractivity contribution in [2.24, 2.45) is 0 Å². The number of aliphatic carboxylic acids is 1. The molecule has 3 N–H and O–H groups in total. The maximum absolute atomic E-state index is 12.1. The molecular weight excluding hydrogens is 260 g/mol. The minimum Gasteiger partial charge on any atom is -0.480 e. The molecule has 2 atom stereocenters. The molecule has 0 aromatic heterocycles. The number of carbonyl (C=O) groups is 2. The number of hydrogen-bond acceptors (Lipinski definition) is 3. The van der Waals surface area contributed by atoms with Crippen molar-refractivity contribution >= 4 is 17.7 Å². The lowest BCUT2D eigenvalue weighted by Gasteiger charge is -2.21. The third kappa shape index (κ3) is 2.91. The van der Waals surface area contributed by atoms with E-state index < -0.39 is 24.1 Å². The Morgan fingerprint density at radius 2 is 2.00 bits per heavy atom. The normalized spacial score (nSPS) is 21.9. The number of carboxylic acid groups (broad SMARTS) is 1. The Bertz CT molecular complexity index is 544. The van der Waals surface area contributed by atoms with Gasteiger partial charge in [-0.1, -0.05) is 6.07 Å². The van der Waals surface area contributed by atoms with Gasteiger partial charge in [-0.3, -0.25) is 0 Å². The zero-order valence-electron chi connectivity index (χ0n) is 11.5. The Morgan fingerprint density at radius 1 is 1.30 bits per heavy atom. The van der Waals surface area contributed by atoms with Gasteiger partial charge in [-0.15, -0.1) is 0 Å². The number of aliphatic hydroxyl groups is 1. The Balaban J connectivity index is 2.11. The summed E-state index contributed by atoms with van der Waals surface area (Å²) < 4.78 is 0. The van der Waals surface area contributed by atoms with E-state index in [0.717, 1.165) is 16.0 Å². The fraction of sp³-hybridized carbons (Fsp3) is 0.429. The van der Waals surface area contributed by atoms with Crippen LogP contribution in [0.15, 0.2) is 18.2 Å². The van der Waals surface area contributed by atoms with Crippen LogP contribution in [0.3, 0.4) is 0 Å². The quantitative estimate of drug-likeness (QED) is 0.762. The van der Waals surface area contributed by atoms with E-state index in [-0.39, 0.29) is 13.0 Å². The Morgan fingerprint density at radius 3 is 2.60 bits per heavy atom. The maximum atomic E-state index is 12.1. The Hall–Kier alpha value is -2.08. The summed E-state index contributed by atoms with van der Waals surface area (Å²) >= 11 is 0. The third-order valence-corrected chi connectivity index (χ3v) is 3.58. The van der Waals surface area contributed by atoms with E-state index in [1.54, 1.807) is 6.07 Å². The summed E-state index contributed by atoms with van der Waals surface area (Å²) in [5.74, 6) is -1.10. The Labute approximate surface area is 117 Å². The minimum atomic E-state index is -1.10. The van der Waals surface area contributed by atoms with Crippen molar-refractivity contribution in [1.82, 2.24) is 4.90 Å². The van der Waals surface area contributed by atoms with Crippen LogP contribution in [-0.2, 0) is 4.79 Å². The minimum absolute atomic E-state index is 0.0354. The molecule has 0 spiro atoms. The lowest BCUT2D eigenvalue weighted by molar-refractivity contribution is -0.141. The topological polar surface area (TPSA) is 89.9 Å². The maximum Gasteiger partial charge on any atom is 0.326 e. The van der Waals surface area contributed by atoms with Gasteiger partial charge in [-0.25, -0.2) is 9.59 Å². The molecule has 0 aliphatic carbocycles. The number of likely N-dealkylation sites (tertiary alicyclic amines) is 1. The number of aryl methyl sites for hydroxylation is 2. The summed E-state index contributed by atoms with van der Waals surface area (Å²) in [5.41, 5.74) is 2.77. The fourth-order valence-corrected chi connectivity index (χ4v) is 2.29. The second-order valence-corrected chi connectivity index (χ2v) is 5.13. The number of aliphatic hydroxyl groups excluding tert-OH is 1. The van der Waals surface area contributed by atoms with Crippen LogP contribution in [0.1, 0.15) is 17.5 Å². The second kappa shape index (κ2) is 5.50. The lowest BCUT2D eigenvalue weighted by atomic mass is 10.1. The smallest absolute Gasteiger partial charge is 0.326 e. The first-order chi connectivity index (χ1) is 9.38. The van der Waals surface area contributed by atoms with Gasteiger partial charge in [0.1, 0.15) is 6.04 Å². The van der Waals surface area contributed by atoms with E-state index in [2.05, 4.69) is 5.32 Å². The number of anilines is 1. The van der Waals surface area contributed by atoms with Gasteiger partial charge in [0, 0.05) is 18.7 Å². The largest absolute Gasteiger partial charge is 0.480 e. The number of β-amino-alcohol motifs (C(OH)–C–C–N with tert-alkyl or cyclic N) is 1. The number of nitrogens with zero attached hydrogens (tertiary/aromatic N) is 1. The molecule has 108 valence electrons. The van der Waals surface area contributed by atoms with Crippen LogP contribution in [0, 0.1) is 13.8 Å². The van der Waals surface area contributed by atoms with Crippen LogP contribution in [0.25, 0.3) is 0 Å². The highest BCUT2D eigenvalue weighted by Crippen LogP contribution is 2.20. The van der Waals surface area contributed by atoms with Gasteiger partial charge in [-0.05, 0) is 37.1 Å². The van der Waals surface area contributed by atoms with Crippen LogP contribution in [0.2, 0.25) is 0 Å². The molecule has 6 nitrogen and oxygen atoms in total. The summed E-state index contributed by atoms with van der Waals surface area (Å²) in [6.45, 7) is 3.94. The first kappa shape index (κ1) is 14.3. The Kier molecular flexibility index (Phi) is 3.94. The molecule has 0 saturated carbocycles. The van der Waals surface area contributed by atoms with Crippen molar-refractivity contribution in [3.8, 4) is 0 Å². The first-order valence-corrected chi connectivity index (χ1v) is 6.44. The molecule has 1 fully saturated rings. The molecule has 0 bridgehead atoms. The highest BCUT2D eigenvalue weighted by Gasteiger charge is 2.38. The summed E-state index contributed by atoms with van der Waals surface area (Å²) in [6.07, 6.45) is -0.725. The van der Waals surface area contributed by atoms with Gasteiger partial charge in [-0.2, -0.15) is 0 Å². The number of benzene rings is 1. The number of nitrogens with one attached hydrogen (secondary N) is 1. The lowest BCUT2D eigenvalue weighted by Crippen LogP contribution is -2.43. The number of carboxylic acids is 1. The molecule has 1 aromatic rings. The second-order valence-electron chi connectivity index (χ2n) is 5.13. The number of rotatable bonds is 2. The number of hydrogen-bond donors (Lipinski definition) is 3. The van der Waals surface area contributed by atoms with Gasteiger partial charge in [0.05, 0.1) is 6.10 Å². The molecular formula is C14H18N2O4. The van der Waals surface area contributed by atoms with E-state index in [1.807, 2.05) is 26.0 Å². The predicted octanol–water partition coefficient (Wildman–Crippen LogP) is 1.36. The van der Waals surface area contributed by atoms with Crippen molar-refractivity contribution in [2.45, 2.75) is 32.4 Å². The van der Waals surface area contributed by atoms with Crippen molar-refractivity contribution in [1.29, 1.82) is 0 Å². The van der Waals surface area contributed by atoms with E-state index in [1.165, 1.54) is 0 Å². The van der Waals surface area contributed by atoms with E-state index >= 15 is 0 Å². The number of urea groups is 1. The van der Waals surface area contributed by atoms with Crippen molar-refractivity contribution in [3.05, 3.63) is 29.3 Å². The van der Waals surface area contributed by atoms with Gasteiger partial charge in [0.15, 0.2) is 0 Å². The van der Waals surface area contributed by atoms with Crippen molar-refractivity contribution in [2.75, 3.05) is 11.9 Å². The number of amides is 2. The molecule has 1 saturated heterocycles. The standard InChI is InChI=1S/C14H18N2O4/c1-8-3-4-10(5-9(8)2)15-14(20)16-7-11(17)6-12(16)13(18)19/h3-5,11-12,17H,6-7H2,1-2H3,(H,15,20)(H,18,19)/t11-,12+/m1/s1. The summed E-state index contributed by atoms with van der Waals surface area (Å²) in [5, 5.41) is 21.3. The zero-order chi connectivity index (χ0) is 14.9. The van der Waals surface area contributed by atoms with E-state index in [9.17, 15) is 14.7 Å². The zero-order valence-corrected chi connectivity index (χ0v) is 11.5. The SMILES string of the molecule is Cc1ccc(NC(=O)N2C[C@H](O)C[C@H]2C(=O)O)cc1C. The molecule has 0 unspecified atom stereocenters. The molecule has 0 radical (unpaired) electrons. The van der Waals surface area contributed by atoms with Crippen LogP contribution in [0.5, 0.6) is 0 Å². The van der Waals surface area contributed by atoms with Crippen molar-refractivity contribution < 1.29 is 19.8 Å². The molecule has 2 amide bonds. The summed E-state index contributed by atoms with van der Waals surface area (Å²) in [4.78, 5) is 24.3. The predicted molar refractivity (Wildman–Crippen MR) is 73.7 cm³/mol. The van der Waals surface area contributed by atoms with Gasteiger partial charge < -0.3 is 20.4 Å². The van der Waals surface area contributed by atoms with Crippen molar-refractivity contribution in [3.63, 3.8) is 0 Å². The molecule has 6 heteroatoms. The summed E-state index contributed by atoms with van der Waals surface area (Å²) in [6, 6.07) is 4.00. The average Bonchev–Trinajstić information content (AvgIpc) is 2.76. The van der Waals surface area contributed by atoms with E-state index in [0.29, 0.717) is 5.69 Å². The summed E-state index contributed by atoms with van der Waals surface area (Å²) in [7, 11) is 0. The third-order valence-electron chi connectivity index (χ3n) is 3.58. The van der Waals surface area contributed by atoms with Gasteiger partial charge in [0.25, 0.3) is 0 Å². The molecule has 2 rings (SSSR count). The van der Waals surface area contributed by atoms with E-state index in [4.69, 9.17) is 5.11 Å². The van der Waals surface area contributed by atoms with Crippen LogP contribution < -0.4 is 5.32 Å². The first-order valence-electron chi connectivity index (χ1n) is 6.44. The fourth-order valence-electron chi connectivity index (χ4n) is 2.29.